The zero-order valence-corrected chi connectivity index (χ0v) is 16.7. The second-order valence-electron chi connectivity index (χ2n) is 6.10. The summed E-state index contributed by atoms with van der Waals surface area (Å²) in [5.41, 5.74) is 5.82. The minimum Gasteiger partial charge on any atom is -0.468 e. The molecule has 1 fully saturated rings. The molecule has 1 atom stereocenters. The van der Waals surface area contributed by atoms with Crippen LogP contribution in [0, 0.1) is 11.6 Å². The van der Waals surface area contributed by atoms with Crippen LogP contribution in [-0.4, -0.2) is 30.5 Å². The van der Waals surface area contributed by atoms with Crippen molar-refractivity contribution in [1.82, 2.24) is 4.90 Å². The van der Waals surface area contributed by atoms with Crippen molar-refractivity contribution in [2.24, 2.45) is 10.7 Å². The number of hydrogen-bond donors (Lipinski definition) is 2. The van der Waals surface area contributed by atoms with Gasteiger partial charge in [0.1, 0.15) is 17.4 Å². The van der Waals surface area contributed by atoms with E-state index in [-0.39, 0.29) is 41.7 Å². The molecule has 2 aromatic rings. The Morgan fingerprint density at radius 1 is 1.23 bits per heavy atom. The summed E-state index contributed by atoms with van der Waals surface area (Å²) in [5, 5.41) is 2.62. The Morgan fingerprint density at radius 2 is 2.00 bits per heavy atom. The normalized spacial score (nSPS) is 16.8. The predicted octanol–water partition coefficient (Wildman–Crippen LogP) is 4.13. The molecule has 8 heteroatoms. The van der Waals surface area contributed by atoms with E-state index in [0.29, 0.717) is 6.54 Å². The fraction of sp³-hybridized carbons (Fsp3) is 0.389. The molecule has 1 aliphatic rings. The number of rotatable bonds is 5. The van der Waals surface area contributed by atoms with Crippen molar-refractivity contribution in [3.8, 4) is 0 Å². The van der Waals surface area contributed by atoms with Crippen LogP contribution < -0.4 is 11.1 Å². The molecule has 0 amide bonds. The van der Waals surface area contributed by atoms with Gasteiger partial charge in [0.05, 0.1) is 24.5 Å². The molecule has 0 aliphatic carbocycles. The Bertz CT molecular complexity index is 718. The number of piperidine rings is 1. The van der Waals surface area contributed by atoms with Gasteiger partial charge in [0.25, 0.3) is 0 Å². The number of guanidine groups is 1. The highest BCUT2D eigenvalue weighted by molar-refractivity contribution is 14.0. The Morgan fingerprint density at radius 3 is 2.69 bits per heavy atom. The Kier molecular flexibility index (Phi) is 7.83. The summed E-state index contributed by atoms with van der Waals surface area (Å²) in [4.78, 5) is 6.64. The highest BCUT2D eigenvalue weighted by atomic mass is 127. The summed E-state index contributed by atoms with van der Waals surface area (Å²) in [5.74, 6) is -0.259. The summed E-state index contributed by atoms with van der Waals surface area (Å²) < 4.78 is 32.5. The number of likely N-dealkylation sites (tertiary alicyclic amines) is 1. The standard InChI is InChI=1S/C18H22F2N4O.HI/c19-13-6-7-14(20)15(11-13)23-18(21)22-12-16(17-5-4-10-25-17)24-8-2-1-3-9-24;/h4-7,10-11,16H,1-3,8-9,12H2,(H3,21,22,23);1H. The maximum Gasteiger partial charge on any atom is 0.193 e. The number of hydrogen-bond acceptors (Lipinski definition) is 3. The van der Waals surface area contributed by atoms with Crippen LogP contribution in [0.25, 0.3) is 0 Å². The van der Waals surface area contributed by atoms with Gasteiger partial charge in [-0.15, -0.1) is 24.0 Å². The van der Waals surface area contributed by atoms with E-state index in [9.17, 15) is 8.78 Å². The molecule has 1 aromatic heterocycles. The number of nitrogens with two attached hydrogens (primary N) is 1. The SMILES string of the molecule is I.NC(=NCC(c1ccco1)N1CCCCC1)Nc1cc(F)ccc1F. The molecule has 0 radical (unpaired) electrons. The second kappa shape index (κ2) is 9.86. The fourth-order valence-corrected chi connectivity index (χ4v) is 3.05. The molecular weight excluding hydrogens is 453 g/mol. The smallest absolute Gasteiger partial charge is 0.193 e. The number of furan rings is 1. The summed E-state index contributed by atoms with van der Waals surface area (Å²) in [6, 6.07) is 6.89. The van der Waals surface area contributed by atoms with Crippen LogP contribution in [0.1, 0.15) is 31.1 Å². The lowest BCUT2D eigenvalue weighted by Crippen LogP contribution is -2.36. The first kappa shape index (κ1) is 20.6. The summed E-state index contributed by atoms with van der Waals surface area (Å²) in [6.07, 6.45) is 5.15. The Hall–Kier alpha value is -1.68. The van der Waals surface area contributed by atoms with Gasteiger partial charge in [0.15, 0.2) is 5.96 Å². The Balaban J connectivity index is 0.00000243. The minimum absolute atomic E-state index is 0. The highest BCUT2D eigenvalue weighted by Gasteiger charge is 2.24. The third-order valence-electron chi connectivity index (χ3n) is 4.33. The first-order valence-electron chi connectivity index (χ1n) is 8.43. The van der Waals surface area contributed by atoms with Crippen LogP contribution in [0.2, 0.25) is 0 Å². The summed E-state index contributed by atoms with van der Waals surface area (Å²) in [7, 11) is 0. The fourth-order valence-electron chi connectivity index (χ4n) is 3.05. The number of nitrogens with zero attached hydrogens (tertiary/aromatic N) is 2. The van der Waals surface area contributed by atoms with E-state index in [4.69, 9.17) is 10.2 Å². The number of anilines is 1. The van der Waals surface area contributed by atoms with Crippen molar-refractivity contribution >= 4 is 35.6 Å². The first-order valence-corrected chi connectivity index (χ1v) is 8.43. The molecule has 5 nitrogen and oxygen atoms in total. The molecule has 1 unspecified atom stereocenters. The molecule has 3 N–H and O–H groups in total. The molecule has 3 rings (SSSR count). The molecule has 0 bridgehead atoms. The van der Waals surface area contributed by atoms with E-state index >= 15 is 0 Å². The van der Waals surface area contributed by atoms with E-state index in [0.717, 1.165) is 49.9 Å². The molecule has 26 heavy (non-hydrogen) atoms. The van der Waals surface area contributed by atoms with Crippen LogP contribution in [0.3, 0.4) is 0 Å². The van der Waals surface area contributed by atoms with Crippen molar-refractivity contribution in [3.63, 3.8) is 0 Å². The van der Waals surface area contributed by atoms with E-state index in [2.05, 4.69) is 15.2 Å². The lowest BCUT2D eigenvalue weighted by atomic mass is 10.1. The van der Waals surface area contributed by atoms with Crippen molar-refractivity contribution in [1.29, 1.82) is 0 Å². The largest absolute Gasteiger partial charge is 0.468 e. The number of benzene rings is 1. The van der Waals surface area contributed by atoms with Crippen molar-refractivity contribution in [3.05, 3.63) is 54.0 Å². The minimum atomic E-state index is -0.585. The van der Waals surface area contributed by atoms with Gasteiger partial charge in [-0.25, -0.2) is 8.78 Å². The summed E-state index contributed by atoms with van der Waals surface area (Å²) in [6.45, 7) is 2.34. The third-order valence-corrected chi connectivity index (χ3v) is 4.33. The van der Waals surface area contributed by atoms with Crippen LogP contribution in [0.5, 0.6) is 0 Å². The number of nitrogens with one attached hydrogen (secondary N) is 1. The quantitative estimate of drug-likeness (QED) is 0.387. The van der Waals surface area contributed by atoms with E-state index < -0.39 is 11.6 Å². The van der Waals surface area contributed by atoms with Crippen LogP contribution >= 0.6 is 24.0 Å². The lowest BCUT2D eigenvalue weighted by Gasteiger charge is -2.32. The maximum absolute atomic E-state index is 13.7. The molecule has 1 aliphatic heterocycles. The van der Waals surface area contributed by atoms with E-state index in [1.807, 2.05) is 12.1 Å². The van der Waals surface area contributed by atoms with Gasteiger partial charge in [-0.3, -0.25) is 9.89 Å². The molecular formula is C18H23F2IN4O. The average molecular weight is 476 g/mol. The van der Waals surface area contributed by atoms with E-state index in [1.54, 1.807) is 6.26 Å². The Labute approximate surface area is 168 Å². The van der Waals surface area contributed by atoms with Crippen LogP contribution in [-0.2, 0) is 0 Å². The molecule has 0 spiro atoms. The lowest BCUT2D eigenvalue weighted by molar-refractivity contribution is 0.150. The number of aliphatic imine (C=N–C) groups is 1. The molecule has 2 heterocycles. The van der Waals surface area contributed by atoms with Crippen molar-refractivity contribution < 1.29 is 13.2 Å². The van der Waals surface area contributed by atoms with Crippen LogP contribution in [0.4, 0.5) is 14.5 Å². The zero-order chi connectivity index (χ0) is 17.6. The third kappa shape index (κ3) is 5.41. The summed E-state index contributed by atoms with van der Waals surface area (Å²) >= 11 is 0. The topological polar surface area (TPSA) is 66.8 Å². The second-order valence-corrected chi connectivity index (χ2v) is 6.10. The van der Waals surface area contributed by atoms with Gasteiger partial charge in [-0.05, 0) is 50.2 Å². The van der Waals surface area contributed by atoms with Gasteiger partial charge in [0.2, 0.25) is 0 Å². The predicted molar refractivity (Wildman–Crippen MR) is 109 cm³/mol. The molecule has 1 aromatic carbocycles. The van der Waals surface area contributed by atoms with Gasteiger partial charge in [0, 0.05) is 6.07 Å². The van der Waals surface area contributed by atoms with Crippen LogP contribution in [0.15, 0.2) is 46.0 Å². The molecule has 0 saturated carbocycles. The zero-order valence-electron chi connectivity index (χ0n) is 14.3. The van der Waals surface area contributed by atoms with E-state index in [1.165, 1.54) is 6.42 Å². The van der Waals surface area contributed by atoms with Crippen molar-refractivity contribution in [2.75, 3.05) is 25.0 Å². The number of halogens is 3. The van der Waals surface area contributed by atoms with Gasteiger partial charge >= 0.3 is 0 Å². The average Bonchev–Trinajstić information content (AvgIpc) is 3.14. The molecule has 1 saturated heterocycles. The van der Waals surface area contributed by atoms with Gasteiger partial charge < -0.3 is 15.5 Å². The molecule has 142 valence electrons. The van der Waals surface area contributed by atoms with Crippen molar-refractivity contribution in [2.45, 2.75) is 25.3 Å². The maximum atomic E-state index is 13.7. The highest BCUT2D eigenvalue weighted by Crippen LogP contribution is 2.25. The monoisotopic (exact) mass is 476 g/mol. The first-order chi connectivity index (χ1) is 12.1. The van der Waals surface area contributed by atoms with Gasteiger partial charge in [-0.2, -0.15) is 0 Å². The van der Waals surface area contributed by atoms with Gasteiger partial charge in [-0.1, -0.05) is 6.42 Å².